The number of nitrogens with two attached hydrogens (primary N) is 1. The molecule has 0 saturated carbocycles. The zero-order chi connectivity index (χ0) is 12.4. The summed E-state index contributed by atoms with van der Waals surface area (Å²) >= 11 is 0. The summed E-state index contributed by atoms with van der Waals surface area (Å²) in [5, 5.41) is 2.59. The summed E-state index contributed by atoms with van der Waals surface area (Å²) in [5.74, 6) is -0.983. The summed E-state index contributed by atoms with van der Waals surface area (Å²) < 4.78 is 26.7. The molecule has 1 aromatic heterocycles. The highest BCUT2D eigenvalue weighted by Gasteiger charge is 2.09. The molecule has 88 valence electrons. The van der Waals surface area contributed by atoms with E-state index < -0.39 is 11.6 Å². The van der Waals surface area contributed by atoms with Gasteiger partial charge < -0.3 is 11.1 Å². The molecular weight excluding hydrogens is 224 g/mol. The molecule has 3 nitrogen and oxygen atoms in total. The minimum absolute atomic E-state index is 0.218. The van der Waals surface area contributed by atoms with Gasteiger partial charge in [-0.25, -0.2) is 13.8 Å². The third kappa shape index (κ3) is 2.33. The van der Waals surface area contributed by atoms with Crippen LogP contribution in [0.1, 0.15) is 5.56 Å². The van der Waals surface area contributed by atoms with E-state index in [-0.39, 0.29) is 5.69 Å². The number of nitrogens with one attached hydrogen (secondary N) is 1. The van der Waals surface area contributed by atoms with Crippen molar-refractivity contribution >= 4 is 17.2 Å². The number of hydrogen-bond acceptors (Lipinski definition) is 3. The van der Waals surface area contributed by atoms with E-state index in [1.165, 1.54) is 24.4 Å². The lowest BCUT2D eigenvalue weighted by Gasteiger charge is -2.09. The first-order chi connectivity index (χ1) is 8.08. The lowest BCUT2D eigenvalue weighted by Crippen LogP contribution is -2.00. The standard InChI is InChI=1S/C12H11F2N3/c1-7-5-11(16-6-10(7)15)17-12-8(13)3-2-4-9(12)14/h2-6H,15H2,1H3,(H,16,17). The molecule has 0 unspecified atom stereocenters. The van der Waals surface area contributed by atoms with Gasteiger partial charge in [0.25, 0.3) is 0 Å². The Hall–Kier alpha value is -2.17. The fourth-order valence-corrected chi connectivity index (χ4v) is 1.38. The molecule has 2 rings (SSSR count). The van der Waals surface area contributed by atoms with Gasteiger partial charge in [-0.1, -0.05) is 6.07 Å². The Labute approximate surface area is 97.3 Å². The van der Waals surface area contributed by atoms with Crippen LogP contribution < -0.4 is 11.1 Å². The molecule has 0 radical (unpaired) electrons. The number of anilines is 3. The molecule has 1 aromatic carbocycles. The Bertz CT molecular complexity index is 535. The van der Waals surface area contributed by atoms with Gasteiger partial charge in [-0.05, 0) is 30.7 Å². The van der Waals surface area contributed by atoms with Gasteiger partial charge >= 0.3 is 0 Å². The number of para-hydroxylation sites is 1. The van der Waals surface area contributed by atoms with Gasteiger partial charge in [-0.15, -0.1) is 0 Å². The van der Waals surface area contributed by atoms with E-state index in [4.69, 9.17) is 5.73 Å². The van der Waals surface area contributed by atoms with E-state index >= 15 is 0 Å². The minimum Gasteiger partial charge on any atom is -0.397 e. The molecule has 3 N–H and O–H groups in total. The largest absolute Gasteiger partial charge is 0.397 e. The lowest BCUT2D eigenvalue weighted by molar-refractivity contribution is 0.590. The predicted molar refractivity (Wildman–Crippen MR) is 63.0 cm³/mol. The summed E-state index contributed by atoms with van der Waals surface area (Å²) in [6, 6.07) is 5.28. The maximum absolute atomic E-state index is 13.4. The monoisotopic (exact) mass is 235 g/mol. The fourth-order valence-electron chi connectivity index (χ4n) is 1.38. The second-order valence-corrected chi connectivity index (χ2v) is 3.65. The molecule has 0 fully saturated rings. The van der Waals surface area contributed by atoms with Gasteiger partial charge in [0.2, 0.25) is 0 Å². The average Bonchev–Trinajstić information content (AvgIpc) is 2.28. The molecule has 0 bridgehead atoms. The number of halogens is 2. The maximum Gasteiger partial charge on any atom is 0.149 e. The summed E-state index contributed by atoms with van der Waals surface area (Å²) in [6.45, 7) is 1.79. The quantitative estimate of drug-likeness (QED) is 0.841. The molecule has 0 aliphatic carbocycles. The molecule has 0 aliphatic heterocycles. The van der Waals surface area contributed by atoms with Crippen LogP contribution in [0.5, 0.6) is 0 Å². The molecule has 0 amide bonds. The predicted octanol–water partition coefficient (Wildman–Crippen LogP) is 2.99. The molecule has 5 heteroatoms. The summed E-state index contributed by atoms with van der Waals surface area (Å²) in [5.41, 5.74) is 6.71. The van der Waals surface area contributed by atoms with Crippen LogP contribution in [0.3, 0.4) is 0 Å². The maximum atomic E-state index is 13.4. The van der Waals surface area contributed by atoms with Crippen molar-refractivity contribution < 1.29 is 8.78 Å². The van der Waals surface area contributed by atoms with Crippen LogP contribution in [0.15, 0.2) is 30.5 Å². The summed E-state index contributed by atoms with van der Waals surface area (Å²) in [7, 11) is 0. The van der Waals surface area contributed by atoms with Crippen LogP contribution >= 0.6 is 0 Å². The van der Waals surface area contributed by atoms with Gasteiger partial charge in [0.15, 0.2) is 0 Å². The topological polar surface area (TPSA) is 50.9 Å². The van der Waals surface area contributed by atoms with Crippen molar-refractivity contribution in [1.29, 1.82) is 0 Å². The first-order valence-electron chi connectivity index (χ1n) is 5.01. The molecule has 0 spiro atoms. The second kappa shape index (κ2) is 4.37. The Balaban J connectivity index is 2.35. The van der Waals surface area contributed by atoms with Gasteiger partial charge in [0, 0.05) is 0 Å². The normalized spacial score (nSPS) is 10.3. The molecule has 0 saturated heterocycles. The van der Waals surface area contributed by atoms with Crippen LogP contribution in [0.2, 0.25) is 0 Å². The van der Waals surface area contributed by atoms with E-state index in [1.54, 1.807) is 13.0 Å². The number of pyridine rings is 1. The number of nitrogen functional groups attached to an aromatic ring is 1. The number of hydrogen-bond donors (Lipinski definition) is 2. The van der Waals surface area contributed by atoms with Gasteiger partial charge in [-0.2, -0.15) is 0 Å². The number of benzene rings is 1. The third-order valence-electron chi connectivity index (χ3n) is 2.37. The molecule has 17 heavy (non-hydrogen) atoms. The van der Waals surface area contributed by atoms with Gasteiger partial charge in [-0.3, -0.25) is 0 Å². The number of aryl methyl sites for hydroxylation is 1. The van der Waals surface area contributed by atoms with Crippen molar-refractivity contribution in [2.45, 2.75) is 6.92 Å². The van der Waals surface area contributed by atoms with E-state index in [0.717, 1.165) is 5.56 Å². The highest BCUT2D eigenvalue weighted by Crippen LogP contribution is 2.23. The fraction of sp³-hybridized carbons (Fsp3) is 0.0833. The van der Waals surface area contributed by atoms with Crippen LogP contribution in [0.25, 0.3) is 0 Å². The Morgan fingerprint density at radius 1 is 1.24 bits per heavy atom. The zero-order valence-corrected chi connectivity index (χ0v) is 9.17. The molecule has 0 atom stereocenters. The van der Waals surface area contributed by atoms with Crippen LogP contribution in [-0.2, 0) is 0 Å². The van der Waals surface area contributed by atoms with Crippen molar-refractivity contribution in [2.75, 3.05) is 11.1 Å². The van der Waals surface area contributed by atoms with Crippen LogP contribution in [-0.4, -0.2) is 4.98 Å². The van der Waals surface area contributed by atoms with E-state index in [1.807, 2.05) is 0 Å². The van der Waals surface area contributed by atoms with E-state index in [2.05, 4.69) is 10.3 Å². The number of rotatable bonds is 2. The third-order valence-corrected chi connectivity index (χ3v) is 2.37. The first-order valence-corrected chi connectivity index (χ1v) is 5.01. The summed E-state index contributed by atoms with van der Waals surface area (Å²) in [6.07, 6.45) is 1.44. The smallest absolute Gasteiger partial charge is 0.149 e. The van der Waals surface area contributed by atoms with Gasteiger partial charge in [0.1, 0.15) is 23.1 Å². The van der Waals surface area contributed by atoms with E-state index in [0.29, 0.717) is 11.5 Å². The van der Waals surface area contributed by atoms with Gasteiger partial charge in [0.05, 0.1) is 11.9 Å². The summed E-state index contributed by atoms with van der Waals surface area (Å²) in [4.78, 5) is 3.95. The number of aromatic nitrogens is 1. The Morgan fingerprint density at radius 2 is 1.88 bits per heavy atom. The van der Waals surface area contributed by atoms with Crippen molar-refractivity contribution in [1.82, 2.24) is 4.98 Å². The highest BCUT2D eigenvalue weighted by molar-refractivity contribution is 5.60. The van der Waals surface area contributed by atoms with Crippen LogP contribution in [0.4, 0.5) is 26.0 Å². The number of nitrogens with zero attached hydrogens (tertiary/aromatic N) is 1. The Kier molecular flexibility index (Phi) is 2.91. The SMILES string of the molecule is Cc1cc(Nc2c(F)cccc2F)ncc1N. The first kappa shape index (κ1) is 11.3. The zero-order valence-electron chi connectivity index (χ0n) is 9.17. The highest BCUT2D eigenvalue weighted by atomic mass is 19.1. The molecule has 0 aliphatic rings. The van der Waals surface area contributed by atoms with E-state index in [9.17, 15) is 8.78 Å². The van der Waals surface area contributed by atoms with Crippen molar-refractivity contribution in [2.24, 2.45) is 0 Å². The molecule has 1 heterocycles. The minimum atomic E-state index is -0.665. The Morgan fingerprint density at radius 3 is 2.47 bits per heavy atom. The van der Waals surface area contributed by atoms with Crippen molar-refractivity contribution in [3.05, 3.63) is 47.7 Å². The van der Waals surface area contributed by atoms with Crippen molar-refractivity contribution in [3.8, 4) is 0 Å². The van der Waals surface area contributed by atoms with Crippen molar-refractivity contribution in [3.63, 3.8) is 0 Å². The molecular formula is C12H11F2N3. The second-order valence-electron chi connectivity index (χ2n) is 3.65. The van der Waals surface area contributed by atoms with Crippen LogP contribution in [0, 0.1) is 18.6 Å². The lowest BCUT2D eigenvalue weighted by atomic mass is 10.2. The average molecular weight is 235 g/mol. The molecule has 2 aromatic rings.